The number of aliphatic hydroxyl groups excluding tert-OH is 2. The van der Waals surface area contributed by atoms with Gasteiger partial charge in [-0.3, -0.25) is 19.3 Å². The molecule has 3 aliphatic carbocycles. The van der Waals surface area contributed by atoms with E-state index in [1.807, 2.05) is 49.3 Å². The Balaban J connectivity index is 1.43. The second-order valence-corrected chi connectivity index (χ2v) is 13.4. The molecule has 12 heteroatoms. The number of oxazole rings is 1. The highest BCUT2D eigenvalue weighted by Crippen LogP contribution is 2.53. The summed E-state index contributed by atoms with van der Waals surface area (Å²) >= 11 is 0. The summed E-state index contributed by atoms with van der Waals surface area (Å²) in [6.07, 6.45) is 4.77. The molecule has 2 aromatic carbocycles. The number of ketones is 2. The second-order valence-electron chi connectivity index (χ2n) is 13.4. The number of hydrogen-bond donors (Lipinski definition) is 4. The van der Waals surface area contributed by atoms with E-state index in [9.17, 15) is 29.7 Å². The second kappa shape index (κ2) is 12.4. The van der Waals surface area contributed by atoms with Gasteiger partial charge in [0.2, 0.25) is 11.7 Å². The average Bonchev–Trinajstić information content (AvgIpc) is 3.46. The molecule has 254 valence electrons. The van der Waals surface area contributed by atoms with Gasteiger partial charge in [-0.15, -0.1) is 0 Å². The lowest BCUT2D eigenvalue weighted by atomic mass is 9.58. The van der Waals surface area contributed by atoms with Gasteiger partial charge < -0.3 is 35.1 Å². The largest absolute Gasteiger partial charge is 0.510 e. The fourth-order valence-corrected chi connectivity index (χ4v) is 7.62. The maximum absolute atomic E-state index is 14.5. The van der Waals surface area contributed by atoms with Crippen LogP contribution < -0.4 is 15.4 Å². The number of fused-ring (bicyclic) bond motifs is 5. The number of rotatable bonds is 10. The van der Waals surface area contributed by atoms with Crippen molar-refractivity contribution in [1.29, 1.82) is 0 Å². The van der Waals surface area contributed by atoms with Crippen molar-refractivity contribution in [1.82, 2.24) is 9.88 Å². The van der Waals surface area contributed by atoms with E-state index in [0.29, 0.717) is 23.3 Å². The highest BCUT2D eigenvalue weighted by atomic mass is 16.5. The number of ether oxygens (including phenoxy) is 1. The number of nitrogens with two attached hydrogens (primary N) is 1. The Morgan fingerprint density at radius 1 is 1.10 bits per heavy atom. The zero-order valence-corrected chi connectivity index (χ0v) is 27.9. The van der Waals surface area contributed by atoms with Gasteiger partial charge in [-0.2, -0.15) is 0 Å². The number of nitrogens with zero attached hydrogens (tertiary/aromatic N) is 3. The van der Waals surface area contributed by atoms with Crippen LogP contribution in [0.1, 0.15) is 54.9 Å². The van der Waals surface area contributed by atoms with E-state index in [1.165, 1.54) is 6.42 Å². The standard InChI is InChI=1S/C36H42N4O8/c1-6-7-8-9-14-47-20-12-10-18(11-13-20)35-38-23-17-24(39(2)3)21-15-19-16-22-28(40(4)5)30(42)27(34(37)45)33(44)36(22,46)32(43)25(19)29(41)26(21)31(23)48-35/h10-13,17,19,22,28,42-43,46H,6-9,14-16H2,1-5H3,(H2,37,45)/t19-,22-,28-,36?/m0/s1. The number of carbonyl (C=O) groups excluding carboxylic acids is 3. The number of benzene rings is 2. The molecule has 0 saturated heterocycles. The van der Waals surface area contributed by atoms with Gasteiger partial charge in [0, 0.05) is 36.8 Å². The van der Waals surface area contributed by atoms with Gasteiger partial charge in [0.15, 0.2) is 17.0 Å². The molecule has 48 heavy (non-hydrogen) atoms. The van der Waals surface area contributed by atoms with E-state index in [-0.39, 0.29) is 35.5 Å². The SMILES string of the molecule is CCCCCCOc1ccc(-c2nc3cc(N(C)C)c4c(c3o2)C(=O)C2=C(O)C3(O)C(=O)C(C(N)=O)=C(O)[C@@H](N(C)C)[C@@H]3C[C@@H]2C4)cc1. The highest BCUT2D eigenvalue weighted by Gasteiger charge is 2.63. The van der Waals surface area contributed by atoms with Crippen LogP contribution in [0, 0.1) is 11.8 Å². The van der Waals surface area contributed by atoms with Crippen molar-refractivity contribution in [2.75, 3.05) is 39.7 Å². The first-order chi connectivity index (χ1) is 22.8. The van der Waals surface area contributed by atoms with Crippen LogP contribution in [0.15, 0.2) is 57.4 Å². The fourth-order valence-electron chi connectivity index (χ4n) is 7.62. The van der Waals surface area contributed by atoms with Crippen LogP contribution in [0.5, 0.6) is 5.75 Å². The predicted molar refractivity (Wildman–Crippen MR) is 179 cm³/mol. The van der Waals surface area contributed by atoms with Gasteiger partial charge in [-0.05, 0) is 75.2 Å². The number of Topliss-reactive ketones (excluding diaryl/α,β-unsaturated/α-hetero) is 2. The molecule has 1 heterocycles. The van der Waals surface area contributed by atoms with Crippen LogP contribution in [0.25, 0.3) is 22.6 Å². The molecule has 0 saturated carbocycles. The third kappa shape index (κ3) is 5.14. The Bertz CT molecular complexity index is 1870. The van der Waals surface area contributed by atoms with Crippen molar-refractivity contribution in [3.8, 4) is 17.2 Å². The monoisotopic (exact) mass is 658 g/mol. The number of likely N-dealkylation sites (N-methyl/N-ethyl adjacent to an activating group) is 1. The molecule has 5 N–H and O–H groups in total. The molecular weight excluding hydrogens is 616 g/mol. The molecule has 0 spiro atoms. The predicted octanol–water partition coefficient (Wildman–Crippen LogP) is 4.25. The van der Waals surface area contributed by atoms with Crippen molar-refractivity contribution in [3.63, 3.8) is 0 Å². The minimum atomic E-state index is -2.66. The van der Waals surface area contributed by atoms with Crippen LogP contribution in [0.2, 0.25) is 0 Å². The first-order valence-electron chi connectivity index (χ1n) is 16.3. The van der Waals surface area contributed by atoms with Crippen LogP contribution in [-0.4, -0.2) is 89.1 Å². The number of allylic oxidation sites excluding steroid dienone is 1. The Labute approximate surface area is 278 Å². The van der Waals surface area contributed by atoms with Crippen molar-refractivity contribution in [2.24, 2.45) is 17.6 Å². The zero-order chi connectivity index (χ0) is 34.7. The smallest absolute Gasteiger partial charge is 0.255 e. The van der Waals surface area contributed by atoms with Crippen LogP contribution in [0.3, 0.4) is 0 Å². The lowest BCUT2D eigenvalue weighted by Gasteiger charge is -2.50. The first kappa shape index (κ1) is 33.2. The van der Waals surface area contributed by atoms with Crippen molar-refractivity contribution >= 4 is 34.3 Å². The van der Waals surface area contributed by atoms with Gasteiger partial charge in [-0.25, -0.2) is 4.98 Å². The van der Waals surface area contributed by atoms with Gasteiger partial charge in [0.25, 0.3) is 5.91 Å². The summed E-state index contributed by atoms with van der Waals surface area (Å²) in [7, 11) is 6.94. The lowest BCUT2D eigenvalue weighted by Crippen LogP contribution is -2.63. The van der Waals surface area contributed by atoms with E-state index >= 15 is 0 Å². The molecule has 6 rings (SSSR count). The van der Waals surface area contributed by atoms with Crippen LogP contribution >= 0.6 is 0 Å². The first-order valence-corrected chi connectivity index (χ1v) is 16.3. The van der Waals surface area contributed by atoms with E-state index in [1.54, 1.807) is 19.0 Å². The third-order valence-corrected chi connectivity index (χ3v) is 9.93. The summed E-state index contributed by atoms with van der Waals surface area (Å²) in [6, 6.07) is 8.19. The molecular formula is C36H42N4O8. The lowest BCUT2D eigenvalue weighted by molar-refractivity contribution is -0.148. The Morgan fingerprint density at radius 2 is 1.81 bits per heavy atom. The summed E-state index contributed by atoms with van der Waals surface area (Å²) in [5, 5.41) is 34.7. The maximum atomic E-state index is 14.5. The average molecular weight is 659 g/mol. The van der Waals surface area contributed by atoms with E-state index < -0.39 is 58.0 Å². The van der Waals surface area contributed by atoms with Crippen molar-refractivity contribution < 1.29 is 38.9 Å². The number of anilines is 1. The summed E-state index contributed by atoms with van der Waals surface area (Å²) in [6.45, 7) is 2.80. The number of aromatic nitrogens is 1. The van der Waals surface area contributed by atoms with Crippen LogP contribution in [0.4, 0.5) is 5.69 Å². The number of aliphatic hydroxyl groups is 3. The molecule has 1 aromatic heterocycles. The topological polar surface area (TPSA) is 180 Å². The molecule has 3 aliphatic rings. The quantitative estimate of drug-likeness (QED) is 0.181. The number of unbranched alkanes of at least 4 members (excludes halogenated alkanes) is 3. The van der Waals surface area contributed by atoms with Gasteiger partial charge >= 0.3 is 0 Å². The zero-order valence-electron chi connectivity index (χ0n) is 27.9. The minimum Gasteiger partial charge on any atom is -0.510 e. The molecule has 12 nitrogen and oxygen atoms in total. The minimum absolute atomic E-state index is 0.0609. The van der Waals surface area contributed by atoms with Gasteiger partial charge in [0.05, 0.1) is 18.2 Å². The van der Waals surface area contributed by atoms with E-state index in [2.05, 4.69) is 6.92 Å². The maximum Gasteiger partial charge on any atom is 0.255 e. The van der Waals surface area contributed by atoms with Gasteiger partial charge in [-0.1, -0.05) is 26.2 Å². The third-order valence-electron chi connectivity index (χ3n) is 9.93. The molecule has 1 amide bonds. The summed E-state index contributed by atoms with van der Waals surface area (Å²) < 4.78 is 12.1. The molecule has 0 aliphatic heterocycles. The van der Waals surface area contributed by atoms with Gasteiger partial charge in [0.1, 0.15) is 28.4 Å². The fraction of sp³-hybridized carbons (Fsp3) is 0.444. The van der Waals surface area contributed by atoms with E-state index in [4.69, 9.17) is 19.9 Å². The molecule has 0 bridgehead atoms. The molecule has 0 fully saturated rings. The number of primary amides is 1. The van der Waals surface area contributed by atoms with E-state index in [0.717, 1.165) is 30.7 Å². The molecule has 3 aromatic rings. The van der Waals surface area contributed by atoms with Crippen LogP contribution in [-0.2, 0) is 16.0 Å². The molecule has 4 atom stereocenters. The number of amides is 1. The summed E-state index contributed by atoms with van der Waals surface area (Å²) in [5.41, 5.74) is 4.79. The highest BCUT2D eigenvalue weighted by molar-refractivity contribution is 6.25. The Morgan fingerprint density at radius 3 is 2.44 bits per heavy atom. The van der Waals surface area contributed by atoms with Crippen molar-refractivity contribution in [2.45, 2.75) is 57.1 Å². The van der Waals surface area contributed by atoms with Crippen molar-refractivity contribution in [3.05, 3.63) is 64.1 Å². The number of carbonyl (C=O) groups is 3. The molecule has 1 unspecified atom stereocenters. The Kier molecular flexibility index (Phi) is 8.59. The summed E-state index contributed by atoms with van der Waals surface area (Å²) in [5.74, 6) is -5.15. The normalized spacial score (nSPS) is 23.8. The Hall–Kier alpha value is -4.68. The number of hydrogen-bond acceptors (Lipinski definition) is 11. The molecule has 0 radical (unpaired) electrons. The summed E-state index contributed by atoms with van der Waals surface area (Å²) in [4.78, 5) is 48.6.